The van der Waals surface area contributed by atoms with Gasteiger partial charge >= 0.3 is 0 Å². The van der Waals surface area contributed by atoms with E-state index in [1.165, 1.54) is 24.5 Å². The molecule has 0 radical (unpaired) electrons. The second kappa shape index (κ2) is 7.72. The van der Waals surface area contributed by atoms with Crippen molar-refractivity contribution in [2.45, 2.75) is 19.6 Å². The molecule has 0 amide bonds. The Balaban J connectivity index is 1.83. The molecule has 1 aromatic carbocycles. The molecule has 6 heteroatoms. The molecule has 2 N–H and O–H groups in total. The van der Waals surface area contributed by atoms with Gasteiger partial charge in [0.2, 0.25) is 0 Å². The monoisotopic (exact) mass is 339 g/mol. The third-order valence-electron chi connectivity index (χ3n) is 3.46. The number of halogens is 1. The number of aromatic nitrogens is 2. The average Bonchev–Trinajstić information content (AvgIpc) is 2.63. The lowest BCUT2D eigenvalue weighted by molar-refractivity contribution is 0.297. The molecule has 3 aromatic rings. The predicted octanol–water partition coefficient (Wildman–Crippen LogP) is 4.01. The topological polar surface area (TPSA) is 70.3 Å². The van der Waals surface area contributed by atoms with Gasteiger partial charge in [0.05, 0.1) is 11.9 Å². The molecular formula is C19H18FN3O2. The van der Waals surface area contributed by atoms with Crippen LogP contribution >= 0.6 is 0 Å². The minimum atomic E-state index is -0.550. The zero-order valence-electron chi connectivity index (χ0n) is 13.7. The fraction of sp³-hybridized carbons (Fsp3) is 0.158. The molecule has 3 rings (SSSR count). The number of nitrogens with zero attached hydrogens (tertiary/aromatic N) is 2. The molecular weight excluding hydrogens is 321 g/mol. The van der Waals surface area contributed by atoms with Crippen LogP contribution < -0.4 is 15.2 Å². The van der Waals surface area contributed by atoms with Crippen LogP contribution in [0.3, 0.4) is 0 Å². The maximum absolute atomic E-state index is 13.7. The van der Waals surface area contributed by atoms with Crippen molar-refractivity contribution in [2.24, 2.45) is 5.73 Å². The Labute approximate surface area is 145 Å². The van der Waals surface area contributed by atoms with Gasteiger partial charge in [-0.2, -0.15) is 0 Å². The number of pyridine rings is 2. The Hall–Kier alpha value is -2.99. The van der Waals surface area contributed by atoms with Gasteiger partial charge in [0.1, 0.15) is 12.4 Å². The predicted molar refractivity (Wildman–Crippen MR) is 91.9 cm³/mol. The Morgan fingerprint density at radius 2 is 1.92 bits per heavy atom. The maximum Gasteiger partial charge on any atom is 0.255 e. The van der Waals surface area contributed by atoms with E-state index in [0.29, 0.717) is 23.8 Å². The summed E-state index contributed by atoms with van der Waals surface area (Å²) in [5, 5.41) is 0. The van der Waals surface area contributed by atoms with Gasteiger partial charge in [0.25, 0.3) is 5.88 Å². The number of ether oxygens (including phenoxy) is 2. The number of hydrogen-bond acceptors (Lipinski definition) is 5. The molecule has 0 spiro atoms. The molecule has 5 nitrogen and oxygen atoms in total. The summed E-state index contributed by atoms with van der Waals surface area (Å²) in [7, 11) is 0. The highest BCUT2D eigenvalue weighted by molar-refractivity contribution is 5.38. The van der Waals surface area contributed by atoms with E-state index in [1.54, 1.807) is 6.07 Å². The third-order valence-corrected chi connectivity index (χ3v) is 3.46. The minimum Gasteiger partial charge on any atom is -0.487 e. The SMILES string of the molecule is CC(N)c1ncc(Oc2ncccc2F)cc1OCc1ccccc1. The Kier molecular flexibility index (Phi) is 5.20. The second-order valence-corrected chi connectivity index (χ2v) is 5.51. The highest BCUT2D eigenvalue weighted by Crippen LogP contribution is 2.29. The van der Waals surface area contributed by atoms with Gasteiger partial charge in [0, 0.05) is 18.3 Å². The summed E-state index contributed by atoms with van der Waals surface area (Å²) in [6, 6.07) is 13.8. The lowest BCUT2D eigenvalue weighted by Gasteiger charge is -2.15. The fourth-order valence-electron chi connectivity index (χ4n) is 2.24. The van der Waals surface area contributed by atoms with E-state index >= 15 is 0 Å². The lowest BCUT2D eigenvalue weighted by Crippen LogP contribution is -2.10. The van der Waals surface area contributed by atoms with Crippen molar-refractivity contribution in [1.29, 1.82) is 0 Å². The molecule has 0 aliphatic rings. The van der Waals surface area contributed by atoms with Crippen molar-refractivity contribution in [3.8, 4) is 17.4 Å². The maximum atomic E-state index is 13.7. The van der Waals surface area contributed by atoms with E-state index in [9.17, 15) is 4.39 Å². The van der Waals surface area contributed by atoms with E-state index in [4.69, 9.17) is 15.2 Å². The first-order valence-corrected chi connectivity index (χ1v) is 7.84. The number of nitrogens with two attached hydrogens (primary N) is 1. The molecule has 1 unspecified atom stereocenters. The molecule has 0 aliphatic heterocycles. The first-order valence-electron chi connectivity index (χ1n) is 7.84. The number of benzene rings is 1. The second-order valence-electron chi connectivity index (χ2n) is 5.51. The quantitative estimate of drug-likeness (QED) is 0.735. The zero-order chi connectivity index (χ0) is 17.6. The number of rotatable bonds is 6. The Morgan fingerprint density at radius 3 is 2.64 bits per heavy atom. The van der Waals surface area contributed by atoms with Crippen LogP contribution in [0, 0.1) is 5.82 Å². The lowest BCUT2D eigenvalue weighted by atomic mass is 10.2. The largest absolute Gasteiger partial charge is 0.487 e. The summed E-state index contributed by atoms with van der Waals surface area (Å²) in [4.78, 5) is 8.15. The summed E-state index contributed by atoms with van der Waals surface area (Å²) in [5.41, 5.74) is 7.57. The van der Waals surface area contributed by atoms with E-state index in [2.05, 4.69) is 9.97 Å². The van der Waals surface area contributed by atoms with E-state index in [-0.39, 0.29) is 11.9 Å². The highest BCUT2D eigenvalue weighted by Gasteiger charge is 2.14. The molecule has 128 valence electrons. The third kappa shape index (κ3) is 4.30. The fourth-order valence-corrected chi connectivity index (χ4v) is 2.24. The normalized spacial score (nSPS) is 11.8. The molecule has 0 bridgehead atoms. The van der Waals surface area contributed by atoms with Crippen molar-refractivity contribution in [2.75, 3.05) is 0 Å². The van der Waals surface area contributed by atoms with Crippen molar-refractivity contribution in [3.63, 3.8) is 0 Å². The molecule has 1 atom stereocenters. The van der Waals surface area contributed by atoms with E-state index in [0.717, 1.165) is 5.56 Å². The summed E-state index contributed by atoms with van der Waals surface area (Å²) >= 11 is 0. The van der Waals surface area contributed by atoms with Gasteiger partial charge in [-0.25, -0.2) is 9.37 Å². The van der Waals surface area contributed by atoms with Crippen molar-refractivity contribution in [1.82, 2.24) is 9.97 Å². The zero-order valence-corrected chi connectivity index (χ0v) is 13.7. The van der Waals surface area contributed by atoms with Crippen LogP contribution in [0.15, 0.2) is 60.9 Å². The summed E-state index contributed by atoms with van der Waals surface area (Å²) in [6.45, 7) is 2.18. The van der Waals surface area contributed by atoms with Crippen LogP contribution in [-0.4, -0.2) is 9.97 Å². The van der Waals surface area contributed by atoms with Crippen LogP contribution in [-0.2, 0) is 6.61 Å². The molecule has 0 saturated heterocycles. The molecule has 0 fully saturated rings. The van der Waals surface area contributed by atoms with Crippen molar-refractivity contribution < 1.29 is 13.9 Å². The highest BCUT2D eigenvalue weighted by atomic mass is 19.1. The average molecular weight is 339 g/mol. The summed E-state index contributed by atoms with van der Waals surface area (Å²) in [6.07, 6.45) is 2.93. The van der Waals surface area contributed by atoms with Crippen molar-refractivity contribution in [3.05, 3.63) is 78.0 Å². The van der Waals surface area contributed by atoms with Crippen LogP contribution in [0.5, 0.6) is 17.4 Å². The molecule has 25 heavy (non-hydrogen) atoms. The smallest absolute Gasteiger partial charge is 0.255 e. The van der Waals surface area contributed by atoms with Crippen LogP contribution in [0.2, 0.25) is 0 Å². The van der Waals surface area contributed by atoms with E-state index < -0.39 is 5.82 Å². The van der Waals surface area contributed by atoms with Gasteiger partial charge in [-0.05, 0) is 24.6 Å². The van der Waals surface area contributed by atoms with Crippen LogP contribution in [0.25, 0.3) is 0 Å². The van der Waals surface area contributed by atoms with Gasteiger partial charge in [0.15, 0.2) is 11.6 Å². The van der Waals surface area contributed by atoms with Gasteiger partial charge < -0.3 is 15.2 Å². The molecule has 0 aliphatic carbocycles. The number of hydrogen-bond donors (Lipinski definition) is 1. The van der Waals surface area contributed by atoms with Gasteiger partial charge in [-0.1, -0.05) is 30.3 Å². The van der Waals surface area contributed by atoms with Crippen LogP contribution in [0.4, 0.5) is 4.39 Å². The van der Waals surface area contributed by atoms with Gasteiger partial charge in [-0.3, -0.25) is 4.98 Å². The van der Waals surface area contributed by atoms with Crippen LogP contribution in [0.1, 0.15) is 24.2 Å². The van der Waals surface area contributed by atoms with Crippen molar-refractivity contribution >= 4 is 0 Å². The standard InChI is InChI=1S/C19H18FN3O2/c1-13(21)18-17(24-12-14-6-3-2-4-7-14)10-15(11-23-18)25-19-16(20)8-5-9-22-19/h2-11,13H,12,21H2,1H3. The molecule has 2 aromatic heterocycles. The summed E-state index contributed by atoms with van der Waals surface area (Å²) in [5.74, 6) is 0.148. The molecule has 0 saturated carbocycles. The first kappa shape index (κ1) is 16.9. The van der Waals surface area contributed by atoms with E-state index in [1.807, 2.05) is 37.3 Å². The van der Waals surface area contributed by atoms with Gasteiger partial charge in [-0.15, -0.1) is 0 Å². The minimum absolute atomic E-state index is 0.119. The summed E-state index contributed by atoms with van der Waals surface area (Å²) < 4.78 is 25.0. The Morgan fingerprint density at radius 1 is 1.12 bits per heavy atom. The first-order chi connectivity index (χ1) is 12.1. The molecule has 2 heterocycles. The Bertz CT molecular complexity index is 841.